The normalized spacial score (nSPS) is 11.2. The van der Waals surface area contributed by atoms with Crippen molar-refractivity contribution in [3.05, 3.63) is 17.0 Å². The molecule has 1 rings (SSSR count). The lowest BCUT2D eigenvalue weighted by atomic mass is 10.1. The lowest BCUT2D eigenvalue weighted by Gasteiger charge is -2.16. The Morgan fingerprint density at radius 3 is 2.44 bits per heavy atom. The molecule has 1 aromatic heterocycles. The van der Waals surface area contributed by atoms with E-state index in [0.29, 0.717) is 18.4 Å². The fourth-order valence-corrected chi connectivity index (χ4v) is 2.07. The summed E-state index contributed by atoms with van der Waals surface area (Å²) in [7, 11) is 3.47. The van der Waals surface area contributed by atoms with Crippen molar-refractivity contribution >= 4 is 35.8 Å². The van der Waals surface area contributed by atoms with Crippen molar-refractivity contribution in [3.63, 3.8) is 0 Å². The van der Waals surface area contributed by atoms with Crippen LogP contribution in [0.5, 0.6) is 0 Å². The van der Waals surface area contributed by atoms with Gasteiger partial charge in [-0.05, 0) is 12.3 Å². The summed E-state index contributed by atoms with van der Waals surface area (Å²) in [6.07, 6.45) is 1.61. The third-order valence-electron chi connectivity index (χ3n) is 3.59. The first kappa shape index (κ1) is 23.7. The molecule has 0 saturated heterocycles. The number of nitrogens with zero attached hydrogens (tertiary/aromatic N) is 3. The van der Waals surface area contributed by atoms with Gasteiger partial charge in [-0.25, -0.2) is 4.99 Å². The van der Waals surface area contributed by atoms with Gasteiger partial charge in [-0.1, -0.05) is 32.9 Å². The zero-order chi connectivity index (χ0) is 18.1. The lowest BCUT2D eigenvalue weighted by molar-refractivity contribution is -0.127. The number of hydrogen-bond donors (Lipinski definition) is 2. The van der Waals surface area contributed by atoms with Gasteiger partial charge in [0.25, 0.3) is 0 Å². The summed E-state index contributed by atoms with van der Waals surface area (Å²) in [5.41, 5.74) is 1.99. The highest BCUT2D eigenvalue weighted by Gasteiger charge is 2.13. The van der Waals surface area contributed by atoms with Gasteiger partial charge in [0.1, 0.15) is 5.76 Å². The number of amides is 1. The van der Waals surface area contributed by atoms with Crippen molar-refractivity contribution in [3.8, 4) is 0 Å². The molecule has 0 saturated carbocycles. The molecule has 2 N–H and O–H groups in total. The van der Waals surface area contributed by atoms with Crippen LogP contribution >= 0.6 is 24.0 Å². The Kier molecular flexibility index (Phi) is 11.5. The van der Waals surface area contributed by atoms with E-state index in [1.165, 1.54) is 0 Å². The molecular formula is C17H32IN5O2. The highest BCUT2D eigenvalue weighted by Crippen LogP contribution is 2.16. The minimum absolute atomic E-state index is 0. The first-order valence-electron chi connectivity index (χ1n) is 8.57. The average molecular weight is 465 g/mol. The predicted octanol–water partition coefficient (Wildman–Crippen LogP) is 2.20. The largest absolute Gasteiger partial charge is 0.361 e. The molecule has 0 fully saturated rings. The smallest absolute Gasteiger partial charge is 0.241 e. The van der Waals surface area contributed by atoms with E-state index in [1.54, 1.807) is 19.0 Å². The first-order chi connectivity index (χ1) is 11.4. The number of aliphatic imine (C=N–C) groups is 1. The van der Waals surface area contributed by atoms with E-state index in [1.807, 2.05) is 6.92 Å². The Morgan fingerprint density at radius 1 is 1.24 bits per heavy atom. The van der Waals surface area contributed by atoms with E-state index < -0.39 is 0 Å². The molecule has 25 heavy (non-hydrogen) atoms. The maximum Gasteiger partial charge on any atom is 0.241 e. The molecule has 0 aliphatic rings. The number of aromatic nitrogens is 1. The van der Waals surface area contributed by atoms with Crippen molar-refractivity contribution in [2.45, 2.75) is 47.1 Å². The molecule has 0 aromatic carbocycles. The Bertz CT molecular complexity index is 534. The maximum atomic E-state index is 11.8. The Hall–Kier alpha value is -1.32. The molecule has 0 atom stereocenters. The Morgan fingerprint density at radius 2 is 1.92 bits per heavy atom. The molecule has 7 nitrogen and oxygen atoms in total. The number of hydrogen-bond acceptors (Lipinski definition) is 4. The zero-order valence-corrected chi connectivity index (χ0v) is 18.5. The highest BCUT2D eigenvalue weighted by molar-refractivity contribution is 14.0. The van der Waals surface area contributed by atoms with Crippen LogP contribution in [0.2, 0.25) is 0 Å². The van der Waals surface area contributed by atoms with E-state index in [9.17, 15) is 4.79 Å². The van der Waals surface area contributed by atoms with Gasteiger partial charge in [0.15, 0.2) is 5.96 Å². The average Bonchev–Trinajstić information content (AvgIpc) is 2.95. The zero-order valence-electron chi connectivity index (χ0n) is 16.2. The van der Waals surface area contributed by atoms with Crippen molar-refractivity contribution in [2.75, 3.05) is 27.2 Å². The van der Waals surface area contributed by atoms with Gasteiger partial charge in [-0.3, -0.25) is 4.79 Å². The van der Waals surface area contributed by atoms with Crippen molar-refractivity contribution in [1.29, 1.82) is 0 Å². The van der Waals surface area contributed by atoms with Gasteiger partial charge in [0.05, 0.1) is 18.8 Å². The van der Waals surface area contributed by atoms with Crippen LogP contribution in [-0.4, -0.2) is 49.1 Å². The topological polar surface area (TPSA) is 82.8 Å². The predicted molar refractivity (Wildman–Crippen MR) is 111 cm³/mol. The number of halogens is 1. The van der Waals surface area contributed by atoms with E-state index in [4.69, 9.17) is 4.52 Å². The van der Waals surface area contributed by atoms with E-state index in [-0.39, 0.29) is 36.4 Å². The molecule has 8 heteroatoms. The molecule has 0 radical (unpaired) electrons. The van der Waals surface area contributed by atoms with Crippen molar-refractivity contribution < 1.29 is 9.32 Å². The second kappa shape index (κ2) is 12.1. The number of nitrogens with one attached hydrogen (secondary N) is 2. The summed E-state index contributed by atoms with van der Waals surface area (Å²) in [5.74, 6) is 1.99. The number of rotatable bonds is 8. The second-order valence-electron chi connectivity index (χ2n) is 6.32. The number of carbonyl (C=O) groups is 1. The molecule has 1 amide bonds. The Labute approximate surface area is 168 Å². The quantitative estimate of drug-likeness (QED) is 0.350. The molecule has 0 bridgehead atoms. The van der Waals surface area contributed by atoms with Crippen LogP contribution in [0.4, 0.5) is 0 Å². The van der Waals surface area contributed by atoms with Gasteiger partial charge in [-0.2, -0.15) is 0 Å². The number of likely N-dealkylation sites (N-methyl/N-ethyl adjacent to an activating group) is 1. The summed E-state index contributed by atoms with van der Waals surface area (Å²) in [5, 5.41) is 10.5. The van der Waals surface area contributed by atoms with Gasteiger partial charge in [0, 0.05) is 32.6 Å². The number of carbonyl (C=O) groups excluding carboxylic acids is 1. The molecule has 0 spiro atoms. The molecule has 1 aromatic rings. The summed E-state index contributed by atoms with van der Waals surface area (Å²) < 4.78 is 5.38. The van der Waals surface area contributed by atoms with Crippen LogP contribution in [0, 0.1) is 5.92 Å². The third-order valence-corrected chi connectivity index (χ3v) is 3.59. The highest BCUT2D eigenvalue weighted by atomic mass is 127. The van der Waals surface area contributed by atoms with Gasteiger partial charge < -0.3 is 20.1 Å². The van der Waals surface area contributed by atoms with Crippen LogP contribution in [-0.2, 0) is 24.2 Å². The van der Waals surface area contributed by atoms with Crippen molar-refractivity contribution in [2.24, 2.45) is 10.9 Å². The lowest BCUT2D eigenvalue weighted by Crippen LogP contribution is -2.44. The van der Waals surface area contributed by atoms with E-state index >= 15 is 0 Å². The van der Waals surface area contributed by atoms with Crippen LogP contribution < -0.4 is 10.6 Å². The van der Waals surface area contributed by atoms with Gasteiger partial charge >= 0.3 is 0 Å². The third kappa shape index (κ3) is 8.06. The SMILES string of the molecule is CCc1noc(CC)c1CN=C(NCC(=O)N(C)C)NCC(C)C.I. The molecule has 0 unspecified atom stereocenters. The minimum atomic E-state index is 0. The van der Waals surface area contributed by atoms with Crippen LogP contribution in [0.3, 0.4) is 0 Å². The first-order valence-corrected chi connectivity index (χ1v) is 8.57. The molecule has 1 heterocycles. The van der Waals surface area contributed by atoms with Gasteiger partial charge in [-0.15, -0.1) is 24.0 Å². The summed E-state index contributed by atoms with van der Waals surface area (Å²) >= 11 is 0. The van der Waals surface area contributed by atoms with Crippen LogP contribution in [0.1, 0.15) is 44.7 Å². The molecular weight excluding hydrogens is 433 g/mol. The molecule has 0 aliphatic carbocycles. The number of aryl methyl sites for hydroxylation is 2. The van der Waals surface area contributed by atoms with E-state index in [0.717, 1.165) is 36.4 Å². The Balaban J connectivity index is 0.00000576. The summed E-state index contributed by atoms with van der Waals surface area (Å²) in [4.78, 5) is 17.9. The second-order valence-corrected chi connectivity index (χ2v) is 6.32. The van der Waals surface area contributed by atoms with Crippen LogP contribution in [0.15, 0.2) is 9.52 Å². The summed E-state index contributed by atoms with van der Waals surface area (Å²) in [6.45, 7) is 9.82. The summed E-state index contributed by atoms with van der Waals surface area (Å²) in [6, 6.07) is 0. The molecule has 0 aliphatic heterocycles. The molecule has 144 valence electrons. The number of guanidine groups is 1. The van der Waals surface area contributed by atoms with Crippen LogP contribution in [0.25, 0.3) is 0 Å². The monoisotopic (exact) mass is 465 g/mol. The van der Waals surface area contributed by atoms with Crippen molar-refractivity contribution in [1.82, 2.24) is 20.7 Å². The fourth-order valence-electron chi connectivity index (χ4n) is 2.07. The maximum absolute atomic E-state index is 11.8. The van der Waals surface area contributed by atoms with Gasteiger partial charge in [0.2, 0.25) is 5.91 Å². The van der Waals surface area contributed by atoms with E-state index in [2.05, 4.69) is 41.6 Å². The minimum Gasteiger partial charge on any atom is -0.361 e. The standard InChI is InChI=1S/C17H31N5O2.HI/c1-7-14-13(15(8-2)24-21-14)10-19-17(18-9-12(3)4)20-11-16(23)22(5)6;/h12H,7-11H2,1-6H3,(H2,18,19,20);1H. The fraction of sp³-hybridized carbons (Fsp3) is 0.706.